The van der Waals surface area contributed by atoms with E-state index in [9.17, 15) is 0 Å². The van der Waals surface area contributed by atoms with E-state index >= 15 is 0 Å². The predicted octanol–water partition coefficient (Wildman–Crippen LogP) is 2.60. The van der Waals surface area contributed by atoms with Gasteiger partial charge in [-0.1, -0.05) is 6.07 Å². The Morgan fingerprint density at radius 2 is 2.24 bits per heavy atom. The highest BCUT2D eigenvalue weighted by molar-refractivity contribution is 5.45. The monoisotopic (exact) mass is 230 g/mol. The van der Waals surface area contributed by atoms with Crippen LogP contribution in [0.25, 0.3) is 0 Å². The maximum Gasteiger partial charge on any atom is 0.136 e. The first kappa shape index (κ1) is 11.9. The first-order chi connectivity index (χ1) is 8.17. The summed E-state index contributed by atoms with van der Waals surface area (Å²) in [4.78, 5) is 0. The van der Waals surface area contributed by atoms with Crippen LogP contribution in [0, 0.1) is 11.3 Å². The number of nitrogens with zero attached hydrogens (tertiary/aromatic N) is 1. The molecule has 0 atom stereocenters. The predicted molar refractivity (Wildman–Crippen MR) is 66.8 cm³/mol. The first-order valence-corrected chi connectivity index (χ1v) is 5.99. The highest BCUT2D eigenvalue weighted by Crippen LogP contribution is 2.31. The van der Waals surface area contributed by atoms with E-state index < -0.39 is 0 Å². The number of hydrogen-bond acceptors (Lipinski definition) is 3. The Hall–Kier alpha value is -1.53. The number of nitrogens with one attached hydrogen (secondary N) is 1. The SMILES string of the molecule is COc1cc(CNC2(C)CCC2)ccc1C#N. The van der Waals surface area contributed by atoms with Crippen LogP contribution >= 0.6 is 0 Å². The molecule has 1 aromatic rings. The quantitative estimate of drug-likeness (QED) is 0.864. The third-order valence-corrected chi connectivity index (χ3v) is 3.56. The summed E-state index contributed by atoms with van der Waals surface area (Å²) in [6, 6.07) is 7.86. The van der Waals surface area contributed by atoms with Crippen LogP contribution in [0.2, 0.25) is 0 Å². The molecule has 0 saturated heterocycles. The number of benzene rings is 1. The van der Waals surface area contributed by atoms with Crippen LogP contribution in [0.3, 0.4) is 0 Å². The van der Waals surface area contributed by atoms with E-state index in [-0.39, 0.29) is 0 Å². The van der Waals surface area contributed by atoms with Crippen molar-refractivity contribution in [3.05, 3.63) is 29.3 Å². The van der Waals surface area contributed by atoms with Gasteiger partial charge in [0, 0.05) is 12.1 Å². The highest BCUT2D eigenvalue weighted by atomic mass is 16.5. The summed E-state index contributed by atoms with van der Waals surface area (Å²) < 4.78 is 5.20. The fourth-order valence-corrected chi connectivity index (χ4v) is 2.14. The van der Waals surface area contributed by atoms with Crippen molar-refractivity contribution in [2.75, 3.05) is 7.11 Å². The van der Waals surface area contributed by atoms with Crippen molar-refractivity contribution in [1.82, 2.24) is 5.32 Å². The van der Waals surface area contributed by atoms with Gasteiger partial charge in [0.05, 0.1) is 12.7 Å². The third-order valence-electron chi connectivity index (χ3n) is 3.56. The van der Waals surface area contributed by atoms with Crippen LogP contribution in [0.15, 0.2) is 18.2 Å². The average Bonchev–Trinajstić information content (AvgIpc) is 2.33. The lowest BCUT2D eigenvalue weighted by Crippen LogP contribution is -2.47. The molecular formula is C14H18N2O. The van der Waals surface area contributed by atoms with Gasteiger partial charge < -0.3 is 10.1 Å². The second-order valence-corrected chi connectivity index (χ2v) is 4.91. The van der Waals surface area contributed by atoms with Gasteiger partial charge in [-0.05, 0) is 43.9 Å². The summed E-state index contributed by atoms with van der Waals surface area (Å²) in [6.45, 7) is 3.09. The Bertz CT molecular complexity index is 444. The lowest BCUT2D eigenvalue weighted by Gasteiger charge is -2.39. The zero-order valence-electron chi connectivity index (χ0n) is 10.4. The lowest BCUT2D eigenvalue weighted by molar-refractivity contribution is 0.206. The van der Waals surface area contributed by atoms with Gasteiger partial charge in [-0.2, -0.15) is 5.26 Å². The fraction of sp³-hybridized carbons (Fsp3) is 0.500. The molecule has 0 bridgehead atoms. The van der Waals surface area contributed by atoms with Crippen molar-refractivity contribution >= 4 is 0 Å². The molecule has 0 heterocycles. The van der Waals surface area contributed by atoms with E-state index in [1.54, 1.807) is 7.11 Å². The summed E-state index contributed by atoms with van der Waals surface area (Å²) in [5.74, 6) is 0.658. The Morgan fingerprint density at radius 3 is 2.76 bits per heavy atom. The first-order valence-electron chi connectivity index (χ1n) is 5.99. The molecule has 0 radical (unpaired) electrons. The van der Waals surface area contributed by atoms with Crippen LogP contribution in [-0.2, 0) is 6.54 Å². The van der Waals surface area contributed by atoms with E-state index in [1.807, 2.05) is 18.2 Å². The van der Waals surface area contributed by atoms with E-state index in [0.717, 1.165) is 12.1 Å². The van der Waals surface area contributed by atoms with Crippen LogP contribution in [0.1, 0.15) is 37.3 Å². The van der Waals surface area contributed by atoms with Gasteiger partial charge in [0.2, 0.25) is 0 Å². The molecule has 0 unspecified atom stereocenters. The normalized spacial score (nSPS) is 17.0. The van der Waals surface area contributed by atoms with Crippen molar-refractivity contribution in [3.8, 4) is 11.8 Å². The molecule has 1 saturated carbocycles. The lowest BCUT2D eigenvalue weighted by atomic mass is 9.78. The molecule has 1 fully saturated rings. The summed E-state index contributed by atoms with van der Waals surface area (Å²) in [5, 5.41) is 12.5. The molecule has 0 spiro atoms. The largest absolute Gasteiger partial charge is 0.495 e. The van der Waals surface area contributed by atoms with Gasteiger partial charge in [-0.25, -0.2) is 0 Å². The second kappa shape index (κ2) is 4.77. The van der Waals surface area contributed by atoms with Gasteiger partial charge in [0.15, 0.2) is 0 Å². The minimum absolute atomic E-state index is 0.307. The Balaban J connectivity index is 2.04. The molecule has 3 nitrogen and oxygen atoms in total. The van der Waals surface area contributed by atoms with Gasteiger partial charge in [0.25, 0.3) is 0 Å². The molecule has 1 aliphatic rings. The molecule has 2 rings (SSSR count). The van der Waals surface area contributed by atoms with Crippen molar-refractivity contribution in [1.29, 1.82) is 5.26 Å². The van der Waals surface area contributed by atoms with Crippen molar-refractivity contribution in [3.63, 3.8) is 0 Å². The van der Waals surface area contributed by atoms with Crippen LogP contribution in [0.5, 0.6) is 5.75 Å². The molecule has 17 heavy (non-hydrogen) atoms. The fourth-order valence-electron chi connectivity index (χ4n) is 2.14. The smallest absolute Gasteiger partial charge is 0.136 e. The molecular weight excluding hydrogens is 212 g/mol. The number of nitriles is 1. The summed E-state index contributed by atoms with van der Waals surface area (Å²) >= 11 is 0. The van der Waals surface area contributed by atoms with Crippen LogP contribution in [-0.4, -0.2) is 12.6 Å². The van der Waals surface area contributed by atoms with Crippen molar-refractivity contribution < 1.29 is 4.74 Å². The van der Waals surface area contributed by atoms with E-state index in [2.05, 4.69) is 18.3 Å². The standard InChI is InChI=1S/C14H18N2O/c1-14(6-3-7-14)16-10-11-4-5-12(9-15)13(8-11)17-2/h4-5,8,16H,3,6-7,10H2,1-2H3. The van der Waals surface area contributed by atoms with Crippen molar-refractivity contribution in [2.45, 2.75) is 38.3 Å². The molecule has 0 aromatic heterocycles. The van der Waals surface area contributed by atoms with Crippen LogP contribution in [0.4, 0.5) is 0 Å². The Labute approximate surface area is 102 Å². The summed E-state index contributed by atoms with van der Waals surface area (Å²) in [5.41, 5.74) is 2.06. The zero-order valence-corrected chi connectivity index (χ0v) is 10.4. The second-order valence-electron chi connectivity index (χ2n) is 4.91. The van der Waals surface area contributed by atoms with Gasteiger partial charge in [-0.15, -0.1) is 0 Å². The number of ether oxygens (including phenoxy) is 1. The molecule has 90 valence electrons. The van der Waals surface area contributed by atoms with Gasteiger partial charge in [-0.3, -0.25) is 0 Å². The topological polar surface area (TPSA) is 45.0 Å². The van der Waals surface area contributed by atoms with E-state index in [4.69, 9.17) is 10.00 Å². The minimum atomic E-state index is 0.307. The Morgan fingerprint density at radius 1 is 1.47 bits per heavy atom. The van der Waals surface area contributed by atoms with E-state index in [0.29, 0.717) is 16.9 Å². The maximum absolute atomic E-state index is 8.90. The highest BCUT2D eigenvalue weighted by Gasteiger charge is 2.30. The van der Waals surface area contributed by atoms with Crippen molar-refractivity contribution in [2.24, 2.45) is 0 Å². The molecule has 0 aliphatic heterocycles. The molecule has 1 aliphatic carbocycles. The van der Waals surface area contributed by atoms with Crippen LogP contribution < -0.4 is 10.1 Å². The molecule has 3 heteroatoms. The average molecular weight is 230 g/mol. The molecule has 0 amide bonds. The zero-order chi connectivity index (χ0) is 12.3. The Kier molecular flexibility index (Phi) is 3.35. The summed E-state index contributed by atoms with van der Waals surface area (Å²) in [7, 11) is 1.60. The number of hydrogen-bond donors (Lipinski definition) is 1. The maximum atomic E-state index is 8.90. The molecule has 1 N–H and O–H groups in total. The van der Waals surface area contributed by atoms with Gasteiger partial charge >= 0.3 is 0 Å². The summed E-state index contributed by atoms with van der Waals surface area (Å²) in [6.07, 6.45) is 3.82. The molecule has 1 aromatic carbocycles. The third kappa shape index (κ3) is 2.59. The number of methoxy groups -OCH3 is 1. The van der Waals surface area contributed by atoms with Gasteiger partial charge in [0.1, 0.15) is 11.8 Å². The number of rotatable bonds is 4. The minimum Gasteiger partial charge on any atom is -0.495 e. The van der Waals surface area contributed by atoms with E-state index in [1.165, 1.54) is 19.3 Å².